The van der Waals surface area contributed by atoms with Gasteiger partial charge in [-0.3, -0.25) is 14.5 Å². The average Bonchev–Trinajstić information content (AvgIpc) is 3.42. The van der Waals surface area contributed by atoms with Crippen LogP contribution in [0, 0.1) is 13.8 Å². The maximum atomic E-state index is 13.3. The smallest absolute Gasteiger partial charge is 0.253 e. The summed E-state index contributed by atoms with van der Waals surface area (Å²) in [6, 6.07) is 14.9. The van der Waals surface area contributed by atoms with E-state index in [0.717, 1.165) is 22.7 Å². The number of benzene rings is 1. The van der Waals surface area contributed by atoms with Gasteiger partial charge in [0.15, 0.2) is 5.78 Å². The van der Waals surface area contributed by atoms with Gasteiger partial charge in [-0.25, -0.2) is 0 Å². The number of carbonyl (C=O) groups excluding carboxylic acids is 2. The van der Waals surface area contributed by atoms with Crippen LogP contribution in [0.1, 0.15) is 44.8 Å². The highest BCUT2D eigenvalue weighted by atomic mass is 16.3. The second kappa shape index (κ2) is 8.94. The SMILES string of the molecule is Cc1cc(C(=O)[C@H](C)N2CCN(C(=O)c3ccccc3)CC2)c(C)n1Cc1ccco1. The number of aromatic nitrogens is 1. The van der Waals surface area contributed by atoms with Gasteiger partial charge in [-0.1, -0.05) is 18.2 Å². The number of rotatable bonds is 6. The largest absolute Gasteiger partial charge is 0.467 e. The van der Waals surface area contributed by atoms with Crippen molar-refractivity contribution in [3.05, 3.63) is 83.1 Å². The van der Waals surface area contributed by atoms with Crippen molar-refractivity contribution in [1.82, 2.24) is 14.4 Å². The molecule has 0 spiro atoms. The number of Topliss-reactive ketones (excluding diaryl/α,β-unsaturated/α-hetero) is 1. The van der Waals surface area contributed by atoms with Crippen molar-refractivity contribution in [3.63, 3.8) is 0 Å². The Morgan fingerprint density at radius 1 is 1.00 bits per heavy atom. The van der Waals surface area contributed by atoms with E-state index < -0.39 is 0 Å². The van der Waals surface area contributed by atoms with E-state index in [1.807, 2.05) is 74.2 Å². The number of nitrogens with zero attached hydrogens (tertiary/aromatic N) is 3. The van der Waals surface area contributed by atoms with Crippen LogP contribution in [0.15, 0.2) is 59.2 Å². The molecular formula is C25H29N3O3. The minimum atomic E-state index is -0.230. The number of aryl methyl sites for hydroxylation is 1. The Bertz CT molecular complexity index is 1050. The number of ketones is 1. The summed E-state index contributed by atoms with van der Waals surface area (Å²) in [6.07, 6.45) is 1.67. The van der Waals surface area contributed by atoms with Crippen LogP contribution in [0.5, 0.6) is 0 Å². The maximum Gasteiger partial charge on any atom is 0.253 e. The highest BCUT2D eigenvalue weighted by Gasteiger charge is 2.30. The normalized spacial score (nSPS) is 15.8. The van der Waals surface area contributed by atoms with Crippen molar-refractivity contribution in [2.24, 2.45) is 0 Å². The maximum absolute atomic E-state index is 13.3. The van der Waals surface area contributed by atoms with Gasteiger partial charge in [0.1, 0.15) is 5.76 Å². The van der Waals surface area contributed by atoms with Crippen molar-refractivity contribution >= 4 is 11.7 Å². The average molecular weight is 420 g/mol. The first-order valence-electron chi connectivity index (χ1n) is 10.8. The van der Waals surface area contributed by atoms with Gasteiger partial charge in [-0.2, -0.15) is 0 Å². The molecule has 1 fully saturated rings. The summed E-state index contributed by atoms with van der Waals surface area (Å²) in [6.45, 7) is 9.24. The van der Waals surface area contributed by atoms with E-state index in [-0.39, 0.29) is 17.7 Å². The lowest BCUT2D eigenvalue weighted by Gasteiger charge is -2.37. The molecule has 0 radical (unpaired) electrons. The number of hydrogen-bond donors (Lipinski definition) is 0. The van der Waals surface area contributed by atoms with E-state index in [4.69, 9.17) is 4.42 Å². The monoisotopic (exact) mass is 419 g/mol. The van der Waals surface area contributed by atoms with Gasteiger partial charge < -0.3 is 13.9 Å². The summed E-state index contributed by atoms with van der Waals surface area (Å²) in [4.78, 5) is 30.0. The van der Waals surface area contributed by atoms with Crippen molar-refractivity contribution in [3.8, 4) is 0 Å². The number of furan rings is 1. The molecule has 0 saturated carbocycles. The zero-order valence-electron chi connectivity index (χ0n) is 18.4. The molecule has 31 heavy (non-hydrogen) atoms. The molecule has 4 rings (SSSR count). The molecule has 0 aliphatic carbocycles. The molecule has 6 heteroatoms. The highest BCUT2D eigenvalue weighted by molar-refractivity contribution is 6.01. The number of carbonyl (C=O) groups is 2. The van der Waals surface area contributed by atoms with Crippen LogP contribution in [0.25, 0.3) is 0 Å². The summed E-state index contributed by atoms with van der Waals surface area (Å²) < 4.78 is 7.60. The third kappa shape index (κ3) is 4.35. The Kier molecular flexibility index (Phi) is 6.09. The van der Waals surface area contributed by atoms with Gasteiger partial charge in [-0.15, -0.1) is 0 Å². The Morgan fingerprint density at radius 3 is 2.35 bits per heavy atom. The fourth-order valence-electron chi connectivity index (χ4n) is 4.32. The van der Waals surface area contributed by atoms with Gasteiger partial charge in [0.05, 0.1) is 18.8 Å². The van der Waals surface area contributed by atoms with E-state index in [2.05, 4.69) is 9.47 Å². The Morgan fingerprint density at radius 2 is 1.71 bits per heavy atom. The molecule has 1 aliphatic rings. The van der Waals surface area contributed by atoms with Crippen molar-refractivity contribution in [2.75, 3.05) is 26.2 Å². The zero-order valence-corrected chi connectivity index (χ0v) is 18.4. The first kappa shape index (κ1) is 21.1. The fraction of sp³-hybridized carbons (Fsp3) is 0.360. The van der Waals surface area contributed by atoms with Crippen LogP contribution in [0.3, 0.4) is 0 Å². The van der Waals surface area contributed by atoms with Crippen LogP contribution in [0.4, 0.5) is 0 Å². The van der Waals surface area contributed by atoms with Gasteiger partial charge in [-0.05, 0) is 51.1 Å². The van der Waals surface area contributed by atoms with Crippen LogP contribution in [-0.2, 0) is 6.54 Å². The van der Waals surface area contributed by atoms with Crippen LogP contribution in [-0.4, -0.2) is 58.3 Å². The lowest BCUT2D eigenvalue weighted by Crippen LogP contribution is -2.53. The second-order valence-electron chi connectivity index (χ2n) is 8.18. The van der Waals surface area contributed by atoms with Crippen LogP contribution in [0.2, 0.25) is 0 Å². The molecule has 2 aromatic heterocycles. The van der Waals surface area contributed by atoms with E-state index in [9.17, 15) is 9.59 Å². The predicted molar refractivity (Wildman–Crippen MR) is 119 cm³/mol. The molecule has 3 aromatic rings. The quantitative estimate of drug-likeness (QED) is 0.571. The summed E-state index contributed by atoms with van der Waals surface area (Å²) in [5, 5.41) is 0. The topological polar surface area (TPSA) is 58.7 Å². The molecule has 1 saturated heterocycles. The summed E-state index contributed by atoms with van der Waals surface area (Å²) in [5.74, 6) is 1.05. The molecule has 1 aromatic carbocycles. The lowest BCUT2D eigenvalue weighted by atomic mass is 10.0. The summed E-state index contributed by atoms with van der Waals surface area (Å²) in [7, 11) is 0. The van der Waals surface area contributed by atoms with Crippen LogP contribution < -0.4 is 0 Å². The Hall–Kier alpha value is -3.12. The summed E-state index contributed by atoms with van der Waals surface area (Å²) in [5.41, 5.74) is 3.48. The molecule has 162 valence electrons. The Balaban J connectivity index is 1.41. The van der Waals surface area contributed by atoms with Crippen molar-refractivity contribution < 1.29 is 14.0 Å². The second-order valence-corrected chi connectivity index (χ2v) is 8.18. The molecule has 0 bridgehead atoms. The standard InChI is InChI=1S/C25H29N3O3/c1-18-16-23(19(2)28(18)17-22-10-7-15-31-22)24(29)20(3)26-11-13-27(14-12-26)25(30)21-8-5-4-6-9-21/h4-10,15-16,20H,11-14,17H2,1-3H3/t20-/m0/s1. The molecule has 6 nitrogen and oxygen atoms in total. The first-order chi connectivity index (χ1) is 15.0. The summed E-state index contributed by atoms with van der Waals surface area (Å²) >= 11 is 0. The number of piperazine rings is 1. The molecule has 0 unspecified atom stereocenters. The van der Waals surface area contributed by atoms with Crippen LogP contribution >= 0.6 is 0 Å². The molecule has 1 amide bonds. The van der Waals surface area contributed by atoms with E-state index in [0.29, 0.717) is 38.3 Å². The lowest BCUT2D eigenvalue weighted by molar-refractivity contribution is 0.0551. The molecular weight excluding hydrogens is 390 g/mol. The molecule has 0 N–H and O–H groups in total. The molecule has 3 heterocycles. The van der Waals surface area contributed by atoms with Gasteiger partial charge in [0, 0.05) is 48.7 Å². The third-order valence-electron chi connectivity index (χ3n) is 6.28. The van der Waals surface area contributed by atoms with E-state index in [1.54, 1.807) is 6.26 Å². The van der Waals surface area contributed by atoms with E-state index >= 15 is 0 Å². The highest BCUT2D eigenvalue weighted by Crippen LogP contribution is 2.21. The molecule has 1 aliphatic heterocycles. The first-order valence-corrected chi connectivity index (χ1v) is 10.8. The van der Waals surface area contributed by atoms with E-state index in [1.165, 1.54) is 0 Å². The molecule has 1 atom stereocenters. The van der Waals surface area contributed by atoms with Gasteiger partial charge in [0.25, 0.3) is 5.91 Å². The minimum absolute atomic E-state index is 0.0562. The Labute approximate surface area is 183 Å². The van der Waals surface area contributed by atoms with Gasteiger partial charge >= 0.3 is 0 Å². The zero-order chi connectivity index (χ0) is 22.0. The number of amides is 1. The predicted octanol–water partition coefficient (Wildman–Crippen LogP) is 3.78. The van der Waals surface area contributed by atoms with Gasteiger partial charge in [0.2, 0.25) is 0 Å². The minimum Gasteiger partial charge on any atom is -0.467 e. The third-order valence-corrected chi connectivity index (χ3v) is 6.28. The fourth-order valence-corrected chi connectivity index (χ4v) is 4.32. The van der Waals surface area contributed by atoms with Crippen molar-refractivity contribution in [1.29, 1.82) is 0 Å². The number of hydrogen-bond acceptors (Lipinski definition) is 4. The van der Waals surface area contributed by atoms with Crippen molar-refractivity contribution in [2.45, 2.75) is 33.4 Å².